The van der Waals surface area contributed by atoms with Crippen molar-refractivity contribution < 1.29 is 28.5 Å². The molecule has 0 saturated carbocycles. The average molecular weight is 530 g/mol. The van der Waals surface area contributed by atoms with Crippen molar-refractivity contribution in [3.8, 4) is 23.0 Å². The molecule has 7 heteroatoms. The second kappa shape index (κ2) is 13.6. The summed E-state index contributed by atoms with van der Waals surface area (Å²) in [6.07, 6.45) is 5.72. The van der Waals surface area contributed by atoms with E-state index in [9.17, 15) is 9.59 Å². The van der Waals surface area contributed by atoms with Crippen LogP contribution in [-0.4, -0.2) is 50.0 Å². The molecule has 204 valence electrons. The van der Waals surface area contributed by atoms with Crippen LogP contribution >= 0.6 is 0 Å². The maximum Gasteiger partial charge on any atom is 0.308 e. The Hall–Kier alpha value is -4.10. The number of methoxy groups -OCH3 is 1. The topological polar surface area (TPSA) is 74.3 Å². The van der Waals surface area contributed by atoms with E-state index in [0.29, 0.717) is 18.1 Å². The van der Waals surface area contributed by atoms with Crippen LogP contribution in [-0.2, 0) is 22.6 Å². The first-order chi connectivity index (χ1) is 18.9. The number of hydrogen-bond acceptors (Lipinski definition) is 7. The second-order valence-corrected chi connectivity index (χ2v) is 9.63. The molecule has 3 aromatic carbocycles. The van der Waals surface area contributed by atoms with Crippen LogP contribution in [0.2, 0.25) is 0 Å². The van der Waals surface area contributed by atoms with Gasteiger partial charge >= 0.3 is 5.97 Å². The van der Waals surface area contributed by atoms with Crippen LogP contribution in [0.5, 0.6) is 23.0 Å². The van der Waals surface area contributed by atoms with E-state index < -0.39 is 5.97 Å². The quantitative estimate of drug-likeness (QED) is 0.185. The zero-order valence-electron chi connectivity index (χ0n) is 22.7. The van der Waals surface area contributed by atoms with E-state index in [0.717, 1.165) is 54.1 Å². The van der Waals surface area contributed by atoms with Crippen molar-refractivity contribution in [1.82, 2.24) is 4.90 Å². The molecule has 1 aliphatic heterocycles. The van der Waals surface area contributed by atoms with Gasteiger partial charge in [-0.3, -0.25) is 9.59 Å². The summed E-state index contributed by atoms with van der Waals surface area (Å²) >= 11 is 0. The van der Waals surface area contributed by atoms with Gasteiger partial charge in [0.2, 0.25) is 0 Å². The first-order valence-corrected chi connectivity index (χ1v) is 13.1. The zero-order valence-corrected chi connectivity index (χ0v) is 22.7. The number of esters is 1. The molecule has 0 bridgehead atoms. The molecule has 1 heterocycles. The minimum absolute atomic E-state index is 0.0548. The van der Waals surface area contributed by atoms with Crippen LogP contribution in [0, 0.1) is 0 Å². The Labute approximate surface area is 229 Å². The van der Waals surface area contributed by atoms with Crippen molar-refractivity contribution >= 4 is 17.8 Å². The van der Waals surface area contributed by atoms with Crippen molar-refractivity contribution in [2.24, 2.45) is 0 Å². The number of allylic oxidation sites excluding steroid dienone is 1. The van der Waals surface area contributed by atoms with E-state index in [-0.39, 0.29) is 18.3 Å². The van der Waals surface area contributed by atoms with Crippen molar-refractivity contribution in [3.05, 3.63) is 89.5 Å². The summed E-state index contributed by atoms with van der Waals surface area (Å²) in [4.78, 5) is 26.5. The van der Waals surface area contributed by atoms with Gasteiger partial charge in [0.05, 0.1) is 7.11 Å². The number of ketones is 1. The summed E-state index contributed by atoms with van der Waals surface area (Å²) in [7, 11) is 3.64. The van der Waals surface area contributed by atoms with Crippen LogP contribution in [0.25, 0.3) is 6.08 Å². The highest BCUT2D eigenvalue weighted by Crippen LogP contribution is 2.29. The van der Waals surface area contributed by atoms with E-state index in [1.165, 1.54) is 20.1 Å². The van der Waals surface area contributed by atoms with Crippen molar-refractivity contribution in [2.45, 2.75) is 38.9 Å². The average Bonchev–Trinajstić information content (AvgIpc) is 2.93. The van der Waals surface area contributed by atoms with Crippen molar-refractivity contribution in [3.63, 3.8) is 0 Å². The lowest BCUT2D eigenvalue weighted by molar-refractivity contribution is -0.132. The Morgan fingerprint density at radius 3 is 2.41 bits per heavy atom. The van der Waals surface area contributed by atoms with Gasteiger partial charge in [0.25, 0.3) is 0 Å². The Morgan fingerprint density at radius 2 is 1.67 bits per heavy atom. The highest BCUT2D eigenvalue weighted by Gasteiger charge is 2.18. The lowest BCUT2D eigenvalue weighted by Crippen LogP contribution is -2.35. The molecule has 4 rings (SSSR count). The molecule has 0 aromatic heterocycles. The minimum atomic E-state index is -0.444. The lowest BCUT2D eigenvalue weighted by Gasteiger charge is -2.29. The van der Waals surface area contributed by atoms with E-state index in [1.54, 1.807) is 24.3 Å². The first-order valence-electron chi connectivity index (χ1n) is 13.1. The molecular formula is C32H35NO6. The third-order valence-electron chi connectivity index (χ3n) is 6.55. The second-order valence-electron chi connectivity index (χ2n) is 9.63. The van der Waals surface area contributed by atoms with Gasteiger partial charge in [-0.1, -0.05) is 42.5 Å². The highest BCUT2D eigenvalue weighted by molar-refractivity contribution is 5.95. The summed E-state index contributed by atoms with van der Waals surface area (Å²) in [5.74, 6) is 1.79. The van der Waals surface area contributed by atoms with Crippen LogP contribution in [0.3, 0.4) is 0 Å². The van der Waals surface area contributed by atoms with E-state index in [1.807, 2.05) is 48.5 Å². The van der Waals surface area contributed by atoms with E-state index in [2.05, 4.69) is 11.9 Å². The number of carbonyl (C=O) groups is 2. The number of benzene rings is 3. The van der Waals surface area contributed by atoms with Gasteiger partial charge in [-0.2, -0.15) is 0 Å². The third-order valence-corrected chi connectivity index (χ3v) is 6.55. The molecule has 0 aliphatic carbocycles. The maximum absolute atomic E-state index is 12.8. The minimum Gasteiger partial charge on any atom is -0.493 e. The van der Waals surface area contributed by atoms with E-state index >= 15 is 0 Å². The summed E-state index contributed by atoms with van der Waals surface area (Å²) < 4.78 is 22.7. The Balaban J connectivity index is 1.36. The van der Waals surface area contributed by atoms with Gasteiger partial charge in [0.1, 0.15) is 24.2 Å². The van der Waals surface area contributed by atoms with Gasteiger partial charge in [-0.15, -0.1) is 0 Å². The fraction of sp³-hybridized carbons (Fsp3) is 0.312. The van der Waals surface area contributed by atoms with Gasteiger partial charge < -0.3 is 23.8 Å². The highest BCUT2D eigenvalue weighted by atomic mass is 16.6. The van der Waals surface area contributed by atoms with Crippen LogP contribution in [0.15, 0.2) is 72.8 Å². The van der Waals surface area contributed by atoms with Crippen LogP contribution < -0.4 is 18.9 Å². The molecule has 0 unspecified atom stereocenters. The van der Waals surface area contributed by atoms with Crippen LogP contribution in [0.4, 0.5) is 0 Å². The predicted octanol–water partition coefficient (Wildman–Crippen LogP) is 5.50. The van der Waals surface area contributed by atoms with Gasteiger partial charge in [0, 0.05) is 32.5 Å². The number of rotatable bonds is 11. The Kier molecular flexibility index (Phi) is 9.75. The third kappa shape index (κ3) is 8.45. The first kappa shape index (κ1) is 27.9. The molecule has 1 saturated heterocycles. The Bertz CT molecular complexity index is 1310. The van der Waals surface area contributed by atoms with Gasteiger partial charge in [0.15, 0.2) is 17.3 Å². The molecule has 0 spiro atoms. The molecule has 1 fully saturated rings. The number of hydrogen-bond donors (Lipinski definition) is 0. The molecule has 7 nitrogen and oxygen atoms in total. The molecule has 0 amide bonds. The molecule has 3 aromatic rings. The van der Waals surface area contributed by atoms with E-state index in [4.69, 9.17) is 18.9 Å². The van der Waals surface area contributed by atoms with Crippen LogP contribution in [0.1, 0.15) is 36.5 Å². The van der Waals surface area contributed by atoms with Crippen molar-refractivity contribution in [2.75, 3.05) is 27.2 Å². The predicted molar refractivity (Wildman–Crippen MR) is 150 cm³/mol. The number of nitrogens with zero attached hydrogens (tertiary/aromatic N) is 1. The molecule has 39 heavy (non-hydrogen) atoms. The molecule has 0 atom stereocenters. The summed E-state index contributed by atoms with van der Waals surface area (Å²) in [5, 5.41) is 0. The largest absolute Gasteiger partial charge is 0.493 e. The molecule has 0 N–H and O–H groups in total. The SMILES string of the molecule is COc1ccc(/C=C/C(=O)Cc2ccccc2COc2cccc(OC3CCN(C)CC3)c2)cc1OC(C)=O. The molecular weight excluding hydrogens is 494 g/mol. The number of likely N-dealkylation sites (tertiary alicyclic amines) is 1. The lowest BCUT2D eigenvalue weighted by atomic mass is 10.0. The fourth-order valence-electron chi connectivity index (χ4n) is 4.43. The van der Waals surface area contributed by atoms with Gasteiger partial charge in [-0.25, -0.2) is 0 Å². The standard InChI is InChI=1S/C32H35NO6/c1-23(34)38-32-19-24(12-14-31(32)36-3)11-13-27(35)20-25-7-4-5-8-26(25)22-37-29-9-6-10-30(21-29)39-28-15-17-33(2)18-16-28/h4-14,19,21,28H,15-18,20,22H2,1-3H3/b13-11+. The zero-order chi connectivity index (χ0) is 27.6. The summed E-state index contributed by atoms with van der Waals surface area (Å²) in [5.41, 5.74) is 2.57. The summed E-state index contributed by atoms with van der Waals surface area (Å²) in [6.45, 7) is 3.75. The Morgan fingerprint density at radius 1 is 0.923 bits per heavy atom. The van der Waals surface area contributed by atoms with Gasteiger partial charge in [-0.05, 0) is 66.9 Å². The molecule has 1 aliphatic rings. The number of carbonyl (C=O) groups excluding carboxylic acids is 2. The number of ether oxygens (including phenoxy) is 4. The molecule has 0 radical (unpaired) electrons. The smallest absolute Gasteiger partial charge is 0.308 e. The monoisotopic (exact) mass is 529 g/mol. The summed E-state index contributed by atoms with van der Waals surface area (Å²) in [6, 6.07) is 20.7. The number of piperidine rings is 1. The normalized spacial score (nSPS) is 14.2. The van der Waals surface area contributed by atoms with Crippen molar-refractivity contribution in [1.29, 1.82) is 0 Å². The fourth-order valence-corrected chi connectivity index (χ4v) is 4.43. The maximum atomic E-state index is 12.8.